The van der Waals surface area contributed by atoms with Crippen LogP contribution in [0.2, 0.25) is 5.02 Å². The number of anilines is 3. The summed E-state index contributed by atoms with van der Waals surface area (Å²) in [5.41, 5.74) is -1.80. The highest BCUT2D eigenvalue weighted by molar-refractivity contribution is 6.52. The smallest absolute Gasteiger partial charge is 0.322 e. The highest BCUT2D eigenvalue weighted by atomic mass is 35.5. The molecule has 1 unspecified atom stereocenters. The summed E-state index contributed by atoms with van der Waals surface area (Å²) in [6.45, 7) is 0.251. The van der Waals surface area contributed by atoms with Crippen LogP contribution in [0.1, 0.15) is 23.7 Å². The van der Waals surface area contributed by atoms with Gasteiger partial charge in [-0.2, -0.15) is 8.78 Å². The molecule has 13 heteroatoms. The average molecular weight is 527 g/mol. The molecule has 1 atom stereocenters. The zero-order valence-electron chi connectivity index (χ0n) is 16.5. The summed E-state index contributed by atoms with van der Waals surface area (Å²) in [5, 5.41) is 6.02. The lowest BCUT2D eigenvalue weighted by atomic mass is 10.1. The second kappa shape index (κ2) is 9.00. The monoisotopic (exact) mass is 525 g/mol. The van der Waals surface area contributed by atoms with Crippen LogP contribution >= 0.6 is 34.8 Å². The number of carbonyl (C=O) groups excluding carboxylic acids is 3. The van der Waals surface area contributed by atoms with Crippen molar-refractivity contribution in [2.75, 3.05) is 16.0 Å². The van der Waals surface area contributed by atoms with Crippen LogP contribution in [0.3, 0.4) is 0 Å². The van der Waals surface area contributed by atoms with Gasteiger partial charge in [0.1, 0.15) is 15.8 Å². The first-order valence-corrected chi connectivity index (χ1v) is 10.3. The molecule has 0 aliphatic heterocycles. The zero-order chi connectivity index (χ0) is 24.7. The third kappa shape index (κ3) is 5.69. The number of amides is 3. The first-order valence-electron chi connectivity index (χ1n) is 9.17. The molecule has 6 nitrogen and oxygen atoms in total. The standard InChI is InChI=1S/C20H14Cl3F4N3O3/c1-19(26,27)18(33)30-15-12(24)4-5-13(14(15)25)29-16(31)9-6-8(2-3-11(9)21)28-17(32)10-7-20(10,22)23/h2-6,10H,7H2,1H3,(H,28,32)(H,29,31)(H,30,33). The van der Waals surface area contributed by atoms with Gasteiger partial charge in [-0.25, -0.2) is 8.78 Å². The zero-order valence-corrected chi connectivity index (χ0v) is 18.8. The Labute approximate surface area is 199 Å². The van der Waals surface area contributed by atoms with Gasteiger partial charge in [-0.1, -0.05) is 11.6 Å². The van der Waals surface area contributed by atoms with Crippen LogP contribution in [0.4, 0.5) is 34.6 Å². The molecule has 2 aromatic carbocycles. The topological polar surface area (TPSA) is 87.3 Å². The predicted molar refractivity (Wildman–Crippen MR) is 116 cm³/mol. The fourth-order valence-corrected chi connectivity index (χ4v) is 3.39. The molecule has 33 heavy (non-hydrogen) atoms. The second-order valence-electron chi connectivity index (χ2n) is 7.28. The van der Waals surface area contributed by atoms with E-state index in [4.69, 9.17) is 34.8 Å². The molecule has 1 aliphatic rings. The fourth-order valence-electron chi connectivity index (χ4n) is 2.68. The summed E-state index contributed by atoms with van der Waals surface area (Å²) in [4.78, 5) is 36.2. The summed E-state index contributed by atoms with van der Waals surface area (Å²) in [6, 6.07) is 5.39. The molecule has 0 radical (unpaired) electrons. The Morgan fingerprint density at radius 2 is 1.70 bits per heavy atom. The SMILES string of the molecule is CC(F)(F)C(=O)Nc1c(F)ccc(NC(=O)c2cc(NC(=O)C3CC3(Cl)Cl)ccc2Cl)c1F. The number of alkyl halides is 4. The number of hydrogen-bond donors (Lipinski definition) is 3. The number of nitrogens with one attached hydrogen (secondary N) is 3. The molecule has 0 bridgehead atoms. The van der Waals surface area contributed by atoms with Crippen molar-refractivity contribution in [1.29, 1.82) is 0 Å². The fraction of sp³-hybridized carbons (Fsp3) is 0.250. The van der Waals surface area contributed by atoms with Crippen molar-refractivity contribution in [3.8, 4) is 0 Å². The number of hydrogen-bond acceptors (Lipinski definition) is 3. The number of benzene rings is 2. The van der Waals surface area contributed by atoms with Crippen molar-refractivity contribution < 1.29 is 31.9 Å². The van der Waals surface area contributed by atoms with Crippen LogP contribution in [0.15, 0.2) is 30.3 Å². The van der Waals surface area contributed by atoms with Crippen molar-refractivity contribution in [2.24, 2.45) is 5.92 Å². The van der Waals surface area contributed by atoms with E-state index in [9.17, 15) is 31.9 Å². The molecule has 1 saturated carbocycles. The maximum atomic E-state index is 14.6. The van der Waals surface area contributed by atoms with Gasteiger partial charge in [-0.05, 0) is 36.8 Å². The van der Waals surface area contributed by atoms with Gasteiger partial charge in [0.2, 0.25) is 5.91 Å². The van der Waals surface area contributed by atoms with E-state index in [-0.39, 0.29) is 29.6 Å². The molecular weight excluding hydrogens is 513 g/mol. The van der Waals surface area contributed by atoms with E-state index in [1.165, 1.54) is 23.5 Å². The van der Waals surface area contributed by atoms with Crippen molar-refractivity contribution in [1.82, 2.24) is 0 Å². The second-order valence-corrected chi connectivity index (χ2v) is 9.23. The van der Waals surface area contributed by atoms with Gasteiger partial charge in [-0.15, -0.1) is 23.2 Å². The van der Waals surface area contributed by atoms with Gasteiger partial charge >= 0.3 is 5.92 Å². The number of rotatable bonds is 6. The normalized spacial score (nSPS) is 16.7. The first-order chi connectivity index (χ1) is 15.2. The molecule has 1 fully saturated rings. The maximum absolute atomic E-state index is 14.6. The van der Waals surface area contributed by atoms with Crippen molar-refractivity contribution in [2.45, 2.75) is 23.6 Å². The first kappa shape index (κ1) is 25.1. The summed E-state index contributed by atoms with van der Waals surface area (Å²) < 4.78 is 53.6. The molecule has 0 aromatic heterocycles. The Hall–Kier alpha value is -2.56. The lowest BCUT2D eigenvalue weighted by Crippen LogP contribution is -2.32. The van der Waals surface area contributed by atoms with Crippen LogP contribution in [-0.4, -0.2) is 28.0 Å². The molecule has 2 aromatic rings. The lowest BCUT2D eigenvalue weighted by molar-refractivity contribution is -0.137. The van der Waals surface area contributed by atoms with Crippen molar-refractivity contribution in [3.05, 3.63) is 52.6 Å². The van der Waals surface area contributed by atoms with E-state index >= 15 is 0 Å². The summed E-state index contributed by atoms with van der Waals surface area (Å²) in [6.07, 6.45) is 0.259. The number of halogens is 7. The Morgan fingerprint density at radius 3 is 2.27 bits per heavy atom. The van der Waals surface area contributed by atoms with Gasteiger partial charge in [0, 0.05) is 12.6 Å². The largest absolute Gasteiger partial charge is 0.326 e. The summed E-state index contributed by atoms with van der Waals surface area (Å²) in [5.74, 6) is -10.7. The molecule has 1 aliphatic carbocycles. The average Bonchev–Trinajstić information content (AvgIpc) is 3.36. The van der Waals surface area contributed by atoms with Crippen molar-refractivity contribution >= 4 is 69.6 Å². The third-order valence-electron chi connectivity index (χ3n) is 4.60. The van der Waals surface area contributed by atoms with E-state index in [0.29, 0.717) is 6.07 Å². The maximum Gasteiger partial charge on any atom is 0.322 e. The minimum atomic E-state index is -3.90. The predicted octanol–water partition coefficient (Wildman–Crippen LogP) is 5.60. The molecule has 0 heterocycles. The van der Waals surface area contributed by atoms with Gasteiger partial charge < -0.3 is 16.0 Å². The van der Waals surface area contributed by atoms with Crippen LogP contribution in [-0.2, 0) is 9.59 Å². The Morgan fingerprint density at radius 1 is 1.06 bits per heavy atom. The molecule has 176 valence electrons. The Kier molecular flexibility index (Phi) is 6.84. The molecule has 0 spiro atoms. The molecule has 3 amide bonds. The minimum Gasteiger partial charge on any atom is -0.326 e. The van der Waals surface area contributed by atoms with Crippen LogP contribution in [0, 0.1) is 17.6 Å². The molecule has 3 rings (SSSR count). The van der Waals surface area contributed by atoms with Gasteiger partial charge in [0.15, 0.2) is 5.82 Å². The van der Waals surface area contributed by atoms with E-state index in [0.717, 1.165) is 6.07 Å². The third-order valence-corrected chi connectivity index (χ3v) is 5.76. The van der Waals surface area contributed by atoms with E-state index in [2.05, 4.69) is 10.6 Å². The highest BCUT2D eigenvalue weighted by Gasteiger charge is 2.56. The highest BCUT2D eigenvalue weighted by Crippen LogP contribution is 2.53. The van der Waals surface area contributed by atoms with Crippen LogP contribution in [0.25, 0.3) is 0 Å². The molecular formula is C20H14Cl3F4N3O3. The number of carbonyl (C=O) groups is 3. The summed E-state index contributed by atoms with van der Waals surface area (Å²) >= 11 is 17.7. The quantitative estimate of drug-likeness (QED) is 0.338. The van der Waals surface area contributed by atoms with Crippen molar-refractivity contribution in [3.63, 3.8) is 0 Å². The van der Waals surface area contributed by atoms with Gasteiger partial charge in [-0.3, -0.25) is 14.4 Å². The van der Waals surface area contributed by atoms with Crippen LogP contribution < -0.4 is 16.0 Å². The van der Waals surface area contributed by atoms with E-state index in [1.54, 1.807) is 0 Å². The van der Waals surface area contributed by atoms with E-state index < -0.39 is 56.9 Å². The molecule has 0 saturated heterocycles. The Bertz CT molecular complexity index is 1160. The lowest BCUT2D eigenvalue weighted by Gasteiger charge is -2.15. The van der Waals surface area contributed by atoms with Gasteiger partial charge in [0.05, 0.1) is 22.2 Å². The van der Waals surface area contributed by atoms with Gasteiger partial charge in [0.25, 0.3) is 11.8 Å². The minimum absolute atomic E-state index is 0.0670. The Balaban J connectivity index is 1.80. The van der Waals surface area contributed by atoms with E-state index in [1.807, 2.05) is 0 Å². The molecule has 3 N–H and O–H groups in total. The van der Waals surface area contributed by atoms with Crippen LogP contribution in [0.5, 0.6) is 0 Å². The summed E-state index contributed by atoms with van der Waals surface area (Å²) in [7, 11) is 0.